The number of aromatic hydroxyl groups is 1. The lowest BCUT2D eigenvalue weighted by molar-refractivity contribution is -0.116. The van der Waals surface area contributed by atoms with Crippen molar-refractivity contribution < 1.29 is 9.90 Å². The molecule has 0 aromatic heterocycles. The number of unbranched alkanes of at least 4 members (excludes halogenated alkanes) is 3. The highest BCUT2D eigenvalue weighted by molar-refractivity contribution is 5.91. The number of benzene rings is 1. The number of nitrogens with one attached hydrogen (secondary N) is 1. The Morgan fingerprint density at radius 1 is 1.29 bits per heavy atom. The summed E-state index contributed by atoms with van der Waals surface area (Å²) in [6, 6.07) is 5.15. The average molecular weight is 235 g/mol. The van der Waals surface area contributed by atoms with Gasteiger partial charge in [0.1, 0.15) is 5.75 Å². The summed E-state index contributed by atoms with van der Waals surface area (Å²) in [4.78, 5) is 11.6. The smallest absolute Gasteiger partial charge is 0.224 e. The molecule has 0 aliphatic heterocycles. The van der Waals surface area contributed by atoms with Crippen LogP contribution < -0.4 is 5.32 Å². The van der Waals surface area contributed by atoms with E-state index in [2.05, 4.69) is 12.2 Å². The van der Waals surface area contributed by atoms with Gasteiger partial charge >= 0.3 is 0 Å². The summed E-state index contributed by atoms with van der Waals surface area (Å²) in [6.45, 7) is 3.94. The van der Waals surface area contributed by atoms with E-state index in [9.17, 15) is 9.90 Å². The molecule has 0 aliphatic rings. The molecule has 3 nitrogen and oxygen atoms in total. The van der Waals surface area contributed by atoms with Gasteiger partial charge in [-0.2, -0.15) is 0 Å². The zero-order valence-electron chi connectivity index (χ0n) is 10.6. The molecule has 0 heterocycles. The molecule has 1 rings (SSSR count). The standard InChI is InChI=1S/C14H21NO2/c1-3-4-5-6-10-14(17)15-12-8-7-9-13(16)11(12)2/h7-9,16H,3-6,10H2,1-2H3,(H,15,17). The minimum absolute atomic E-state index is 0.0230. The van der Waals surface area contributed by atoms with Crippen LogP contribution in [-0.2, 0) is 4.79 Å². The average Bonchev–Trinajstić information content (AvgIpc) is 2.31. The van der Waals surface area contributed by atoms with E-state index in [0.29, 0.717) is 12.1 Å². The maximum Gasteiger partial charge on any atom is 0.224 e. The van der Waals surface area contributed by atoms with Crippen molar-refractivity contribution in [3.05, 3.63) is 23.8 Å². The van der Waals surface area contributed by atoms with E-state index in [4.69, 9.17) is 0 Å². The van der Waals surface area contributed by atoms with Crippen molar-refractivity contribution in [2.75, 3.05) is 5.32 Å². The highest BCUT2D eigenvalue weighted by Crippen LogP contribution is 2.23. The second-order valence-electron chi connectivity index (χ2n) is 4.31. The van der Waals surface area contributed by atoms with Gasteiger partial charge in [0.25, 0.3) is 0 Å². The van der Waals surface area contributed by atoms with Crippen LogP contribution in [-0.4, -0.2) is 11.0 Å². The van der Waals surface area contributed by atoms with Gasteiger partial charge in [-0.25, -0.2) is 0 Å². The first kappa shape index (κ1) is 13.6. The fraction of sp³-hybridized carbons (Fsp3) is 0.500. The molecular formula is C14H21NO2. The number of carbonyl (C=O) groups excluding carboxylic acids is 1. The molecule has 0 aliphatic carbocycles. The fourth-order valence-corrected chi connectivity index (χ4v) is 1.68. The maximum absolute atomic E-state index is 11.6. The third-order valence-electron chi connectivity index (χ3n) is 2.84. The molecule has 17 heavy (non-hydrogen) atoms. The molecule has 0 bridgehead atoms. The van der Waals surface area contributed by atoms with Gasteiger partial charge in [-0.3, -0.25) is 4.79 Å². The lowest BCUT2D eigenvalue weighted by atomic mass is 10.1. The molecule has 1 amide bonds. The van der Waals surface area contributed by atoms with E-state index in [1.165, 1.54) is 12.8 Å². The third kappa shape index (κ3) is 4.47. The monoisotopic (exact) mass is 235 g/mol. The topological polar surface area (TPSA) is 49.3 Å². The van der Waals surface area contributed by atoms with Crippen molar-refractivity contribution >= 4 is 11.6 Å². The molecule has 0 saturated heterocycles. The van der Waals surface area contributed by atoms with E-state index >= 15 is 0 Å². The van der Waals surface area contributed by atoms with Crippen LogP contribution >= 0.6 is 0 Å². The van der Waals surface area contributed by atoms with Crippen LogP contribution in [0.2, 0.25) is 0 Å². The molecule has 0 radical (unpaired) electrons. The molecule has 2 N–H and O–H groups in total. The molecule has 1 aromatic carbocycles. The number of carbonyl (C=O) groups is 1. The zero-order valence-corrected chi connectivity index (χ0v) is 10.6. The van der Waals surface area contributed by atoms with E-state index in [0.717, 1.165) is 18.4 Å². The molecule has 1 aromatic rings. The summed E-state index contributed by atoms with van der Waals surface area (Å²) in [5.41, 5.74) is 1.42. The summed E-state index contributed by atoms with van der Waals surface area (Å²) in [6.07, 6.45) is 4.93. The number of rotatable bonds is 6. The Bertz CT molecular complexity index is 374. The van der Waals surface area contributed by atoms with Gasteiger partial charge in [0.15, 0.2) is 0 Å². The van der Waals surface area contributed by atoms with Crippen molar-refractivity contribution in [3.8, 4) is 5.75 Å². The second-order valence-corrected chi connectivity index (χ2v) is 4.31. The van der Waals surface area contributed by atoms with Gasteiger partial charge in [-0.15, -0.1) is 0 Å². The first-order valence-electron chi connectivity index (χ1n) is 6.23. The predicted molar refractivity (Wildman–Crippen MR) is 70.2 cm³/mol. The number of hydrogen-bond donors (Lipinski definition) is 2. The largest absolute Gasteiger partial charge is 0.508 e. The quantitative estimate of drug-likeness (QED) is 0.740. The molecule has 0 saturated carbocycles. The van der Waals surface area contributed by atoms with Crippen molar-refractivity contribution in [1.29, 1.82) is 0 Å². The maximum atomic E-state index is 11.6. The lowest BCUT2D eigenvalue weighted by Crippen LogP contribution is -2.11. The van der Waals surface area contributed by atoms with E-state index in [-0.39, 0.29) is 11.7 Å². The van der Waals surface area contributed by atoms with Gasteiger partial charge in [-0.05, 0) is 25.5 Å². The molecule has 3 heteroatoms. The number of hydrogen-bond acceptors (Lipinski definition) is 2. The summed E-state index contributed by atoms with van der Waals surface area (Å²) in [5.74, 6) is 0.239. The SMILES string of the molecule is CCCCCCC(=O)Nc1cccc(O)c1C. The Labute approximate surface area is 103 Å². The van der Waals surface area contributed by atoms with Crippen LogP contribution in [0, 0.1) is 6.92 Å². The number of amides is 1. The van der Waals surface area contributed by atoms with Gasteiger partial charge in [-0.1, -0.05) is 32.3 Å². The van der Waals surface area contributed by atoms with Crippen molar-refractivity contribution in [1.82, 2.24) is 0 Å². The molecule has 0 atom stereocenters. The Morgan fingerprint density at radius 2 is 2.06 bits per heavy atom. The Hall–Kier alpha value is -1.51. The number of anilines is 1. The number of phenolic OH excluding ortho intramolecular Hbond substituents is 1. The van der Waals surface area contributed by atoms with Crippen molar-refractivity contribution in [2.24, 2.45) is 0 Å². The van der Waals surface area contributed by atoms with Crippen LogP contribution in [0.1, 0.15) is 44.6 Å². The molecule has 0 unspecified atom stereocenters. The predicted octanol–water partition coefficient (Wildman–Crippen LogP) is 3.61. The summed E-state index contributed by atoms with van der Waals surface area (Å²) < 4.78 is 0. The minimum Gasteiger partial charge on any atom is -0.508 e. The molecule has 0 spiro atoms. The second kappa shape index (κ2) is 6.94. The van der Waals surface area contributed by atoms with Gasteiger partial charge in [0.2, 0.25) is 5.91 Å². The Morgan fingerprint density at radius 3 is 2.76 bits per heavy atom. The summed E-state index contributed by atoms with van der Waals surface area (Å²) >= 11 is 0. The van der Waals surface area contributed by atoms with Gasteiger partial charge < -0.3 is 10.4 Å². The van der Waals surface area contributed by atoms with Crippen molar-refractivity contribution in [2.45, 2.75) is 46.0 Å². The highest BCUT2D eigenvalue weighted by Gasteiger charge is 2.06. The molecule has 0 fully saturated rings. The fourth-order valence-electron chi connectivity index (χ4n) is 1.68. The van der Waals surface area contributed by atoms with Crippen LogP contribution in [0.15, 0.2) is 18.2 Å². The van der Waals surface area contributed by atoms with Crippen LogP contribution in [0.5, 0.6) is 5.75 Å². The summed E-state index contributed by atoms with van der Waals surface area (Å²) in [7, 11) is 0. The molecular weight excluding hydrogens is 214 g/mol. The zero-order chi connectivity index (χ0) is 12.7. The van der Waals surface area contributed by atoms with Crippen LogP contribution in [0.4, 0.5) is 5.69 Å². The summed E-state index contributed by atoms with van der Waals surface area (Å²) in [5, 5.41) is 12.3. The van der Waals surface area contributed by atoms with Gasteiger partial charge in [0, 0.05) is 17.7 Å². The van der Waals surface area contributed by atoms with Gasteiger partial charge in [0.05, 0.1) is 0 Å². The lowest BCUT2D eigenvalue weighted by Gasteiger charge is -2.09. The van der Waals surface area contributed by atoms with Crippen LogP contribution in [0.3, 0.4) is 0 Å². The van der Waals surface area contributed by atoms with E-state index in [1.54, 1.807) is 25.1 Å². The molecule has 94 valence electrons. The first-order valence-corrected chi connectivity index (χ1v) is 6.23. The van der Waals surface area contributed by atoms with Crippen molar-refractivity contribution in [3.63, 3.8) is 0 Å². The van der Waals surface area contributed by atoms with E-state index < -0.39 is 0 Å². The number of phenols is 1. The minimum atomic E-state index is 0.0230. The Kier molecular flexibility index (Phi) is 5.53. The Balaban J connectivity index is 2.43. The van der Waals surface area contributed by atoms with Crippen LogP contribution in [0.25, 0.3) is 0 Å². The normalized spacial score (nSPS) is 10.2. The highest BCUT2D eigenvalue weighted by atomic mass is 16.3. The first-order chi connectivity index (χ1) is 8.15. The third-order valence-corrected chi connectivity index (χ3v) is 2.84. The van der Waals surface area contributed by atoms with E-state index in [1.807, 2.05) is 0 Å².